The van der Waals surface area contributed by atoms with E-state index < -0.39 is 0 Å². The largest absolute Gasteiger partial charge is 0.349 e. The van der Waals surface area contributed by atoms with Crippen LogP contribution in [0.3, 0.4) is 0 Å². The van der Waals surface area contributed by atoms with Gasteiger partial charge in [0.2, 0.25) is 5.91 Å². The zero-order valence-electron chi connectivity index (χ0n) is 14.9. The van der Waals surface area contributed by atoms with Gasteiger partial charge in [-0.05, 0) is 38.0 Å². The molecule has 136 valence electrons. The first-order chi connectivity index (χ1) is 12.4. The second-order valence-electron chi connectivity index (χ2n) is 6.27. The maximum Gasteiger partial charge on any atom is 0.262 e. The first kappa shape index (κ1) is 18.6. The van der Waals surface area contributed by atoms with E-state index in [1.54, 1.807) is 6.07 Å². The fourth-order valence-electron chi connectivity index (χ4n) is 2.87. The van der Waals surface area contributed by atoms with Crippen LogP contribution in [0.25, 0.3) is 10.2 Å². The number of carbonyl (C=O) groups excluding carboxylic acids is 1. The molecule has 1 atom stereocenters. The predicted molar refractivity (Wildman–Crippen MR) is 106 cm³/mol. The Morgan fingerprint density at radius 3 is 2.81 bits per heavy atom. The summed E-state index contributed by atoms with van der Waals surface area (Å²) in [5.74, 6) is -0.136. The van der Waals surface area contributed by atoms with E-state index in [4.69, 9.17) is 11.6 Å². The molecule has 1 amide bonds. The number of benzene rings is 1. The van der Waals surface area contributed by atoms with Gasteiger partial charge < -0.3 is 5.32 Å². The minimum absolute atomic E-state index is 0.0937. The summed E-state index contributed by atoms with van der Waals surface area (Å²) in [4.78, 5) is 31.1. The monoisotopic (exact) mass is 389 g/mol. The quantitative estimate of drug-likeness (QED) is 0.717. The summed E-state index contributed by atoms with van der Waals surface area (Å²) >= 11 is 7.68. The van der Waals surface area contributed by atoms with Crippen LogP contribution in [0, 0.1) is 13.8 Å². The highest BCUT2D eigenvalue weighted by molar-refractivity contribution is 7.18. The van der Waals surface area contributed by atoms with Gasteiger partial charge in [0.15, 0.2) is 0 Å². The number of halogens is 1. The number of thiophene rings is 1. The standard InChI is InChI=1S/C19H20ClN3O2S/c1-11-13(3)26-18-17(11)19(25)23(10-21-18)9-8-16(24)22-12(2)14-6-4-5-7-15(14)20/h4-7,10,12H,8-9H2,1-3H3,(H,22,24). The first-order valence-electron chi connectivity index (χ1n) is 8.37. The summed E-state index contributed by atoms with van der Waals surface area (Å²) in [6, 6.07) is 7.22. The van der Waals surface area contributed by atoms with Crippen molar-refractivity contribution >= 4 is 39.1 Å². The van der Waals surface area contributed by atoms with Crippen LogP contribution in [0.1, 0.15) is 35.4 Å². The Labute approximate surface area is 160 Å². The molecule has 1 aromatic carbocycles. The van der Waals surface area contributed by atoms with Crippen LogP contribution in [0.15, 0.2) is 35.4 Å². The third-order valence-corrected chi connectivity index (χ3v) is 5.94. The van der Waals surface area contributed by atoms with Crippen LogP contribution in [0.4, 0.5) is 0 Å². The number of hydrogen-bond acceptors (Lipinski definition) is 4. The highest BCUT2D eigenvalue weighted by atomic mass is 35.5. The highest BCUT2D eigenvalue weighted by Gasteiger charge is 2.14. The van der Waals surface area contributed by atoms with E-state index in [1.807, 2.05) is 39.0 Å². The number of rotatable bonds is 5. The molecule has 2 heterocycles. The van der Waals surface area contributed by atoms with Crippen molar-refractivity contribution in [3.8, 4) is 0 Å². The first-order valence-corrected chi connectivity index (χ1v) is 9.57. The lowest BCUT2D eigenvalue weighted by molar-refractivity contribution is -0.121. The molecular formula is C19H20ClN3O2S. The summed E-state index contributed by atoms with van der Waals surface area (Å²) in [6.07, 6.45) is 1.72. The van der Waals surface area contributed by atoms with Crippen LogP contribution >= 0.6 is 22.9 Å². The summed E-state index contributed by atoms with van der Waals surface area (Å²) in [7, 11) is 0. The Bertz CT molecular complexity index is 1030. The third-order valence-electron chi connectivity index (χ3n) is 4.48. The molecule has 1 N–H and O–H groups in total. The summed E-state index contributed by atoms with van der Waals surface area (Å²) in [5, 5.41) is 4.19. The predicted octanol–water partition coefficient (Wildman–Crippen LogP) is 4.00. The Kier molecular flexibility index (Phi) is 5.44. The van der Waals surface area contributed by atoms with Gasteiger partial charge in [-0.15, -0.1) is 11.3 Å². The molecule has 0 aliphatic carbocycles. The normalized spacial score (nSPS) is 12.3. The van der Waals surface area contributed by atoms with E-state index in [1.165, 1.54) is 22.2 Å². The number of fused-ring (bicyclic) bond motifs is 1. The van der Waals surface area contributed by atoms with Crippen molar-refractivity contribution in [3.63, 3.8) is 0 Å². The second kappa shape index (κ2) is 7.60. The molecule has 3 rings (SSSR count). The zero-order valence-corrected chi connectivity index (χ0v) is 16.4. The Hall–Kier alpha value is -2.18. The van der Waals surface area contributed by atoms with E-state index in [0.717, 1.165) is 20.8 Å². The van der Waals surface area contributed by atoms with E-state index >= 15 is 0 Å². The van der Waals surface area contributed by atoms with Gasteiger partial charge in [-0.2, -0.15) is 0 Å². The van der Waals surface area contributed by atoms with Crippen molar-refractivity contribution < 1.29 is 4.79 Å². The van der Waals surface area contributed by atoms with Gasteiger partial charge >= 0.3 is 0 Å². The van der Waals surface area contributed by atoms with Crippen molar-refractivity contribution in [1.29, 1.82) is 0 Å². The topological polar surface area (TPSA) is 64.0 Å². The van der Waals surface area contributed by atoms with Crippen molar-refractivity contribution in [3.05, 3.63) is 62.0 Å². The Balaban J connectivity index is 1.69. The molecule has 0 saturated heterocycles. The van der Waals surface area contributed by atoms with Crippen LogP contribution in [-0.4, -0.2) is 15.5 Å². The summed E-state index contributed by atoms with van der Waals surface area (Å²) in [5.41, 5.74) is 1.74. The zero-order chi connectivity index (χ0) is 18.8. The molecule has 0 bridgehead atoms. The van der Waals surface area contributed by atoms with Crippen molar-refractivity contribution in [1.82, 2.24) is 14.9 Å². The van der Waals surface area contributed by atoms with Crippen LogP contribution in [-0.2, 0) is 11.3 Å². The van der Waals surface area contributed by atoms with E-state index in [-0.39, 0.29) is 30.5 Å². The van der Waals surface area contributed by atoms with Crippen LogP contribution < -0.4 is 10.9 Å². The Morgan fingerprint density at radius 1 is 1.35 bits per heavy atom. The van der Waals surface area contributed by atoms with E-state index in [0.29, 0.717) is 10.4 Å². The smallest absolute Gasteiger partial charge is 0.262 e. The van der Waals surface area contributed by atoms with Crippen molar-refractivity contribution in [2.75, 3.05) is 0 Å². The van der Waals surface area contributed by atoms with Gasteiger partial charge in [0, 0.05) is 22.9 Å². The highest BCUT2D eigenvalue weighted by Crippen LogP contribution is 2.25. The van der Waals surface area contributed by atoms with E-state index in [9.17, 15) is 9.59 Å². The van der Waals surface area contributed by atoms with Crippen molar-refractivity contribution in [2.24, 2.45) is 0 Å². The lowest BCUT2D eigenvalue weighted by atomic mass is 10.1. The molecule has 3 aromatic rings. The number of aromatic nitrogens is 2. The number of carbonyl (C=O) groups is 1. The lowest BCUT2D eigenvalue weighted by Gasteiger charge is -2.16. The number of hydrogen-bond donors (Lipinski definition) is 1. The molecule has 0 fully saturated rings. The SMILES string of the molecule is Cc1sc2ncn(CCC(=O)NC(C)c3ccccc3Cl)c(=O)c2c1C. The van der Waals surface area contributed by atoms with Crippen molar-refractivity contribution in [2.45, 2.75) is 39.8 Å². The maximum atomic E-state index is 12.6. The molecular weight excluding hydrogens is 370 g/mol. The van der Waals surface area contributed by atoms with Gasteiger partial charge in [-0.25, -0.2) is 4.98 Å². The van der Waals surface area contributed by atoms with Gasteiger partial charge in [-0.1, -0.05) is 29.8 Å². The number of nitrogens with one attached hydrogen (secondary N) is 1. The number of nitrogens with zero attached hydrogens (tertiary/aromatic N) is 2. The minimum Gasteiger partial charge on any atom is -0.349 e. The van der Waals surface area contributed by atoms with Gasteiger partial charge in [-0.3, -0.25) is 14.2 Å². The molecule has 0 saturated carbocycles. The molecule has 1 unspecified atom stereocenters. The van der Waals surface area contributed by atoms with Gasteiger partial charge in [0.05, 0.1) is 17.8 Å². The molecule has 2 aromatic heterocycles. The Morgan fingerprint density at radius 2 is 2.08 bits per heavy atom. The molecule has 7 heteroatoms. The molecule has 0 spiro atoms. The molecule has 0 aliphatic rings. The van der Waals surface area contributed by atoms with Gasteiger partial charge in [0.25, 0.3) is 5.56 Å². The average Bonchev–Trinajstić information content (AvgIpc) is 2.89. The molecule has 0 radical (unpaired) electrons. The molecule has 0 aliphatic heterocycles. The van der Waals surface area contributed by atoms with Crippen LogP contribution in [0.5, 0.6) is 0 Å². The maximum absolute atomic E-state index is 12.6. The third kappa shape index (κ3) is 3.66. The average molecular weight is 390 g/mol. The summed E-state index contributed by atoms with van der Waals surface area (Å²) in [6.45, 7) is 6.09. The van der Waals surface area contributed by atoms with E-state index in [2.05, 4.69) is 10.3 Å². The fourth-order valence-corrected chi connectivity index (χ4v) is 4.16. The number of amides is 1. The fraction of sp³-hybridized carbons (Fsp3) is 0.316. The number of aryl methyl sites for hydroxylation is 3. The molecule has 26 heavy (non-hydrogen) atoms. The minimum atomic E-state index is -0.199. The lowest BCUT2D eigenvalue weighted by Crippen LogP contribution is -2.29. The second-order valence-corrected chi connectivity index (χ2v) is 7.88. The van der Waals surface area contributed by atoms with Crippen LogP contribution in [0.2, 0.25) is 5.02 Å². The van der Waals surface area contributed by atoms with Gasteiger partial charge in [0.1, 0.15) is 4.83 Å². The summed E-state index contributed by atoms with van der Waals surface area (Å²) < 4.78 is 1.50. The molecule has 5 nitrogen and oxygen atoms in total.